The lowest BCUT2D eigenvalue weighted by molar-refractivity contribution is 0.0635. The molecule has 0 unspecified atom stereocenters. The van der Waals surface area contributed by atoms with Gasteiger partial charge < -0.3 is 20.1 Å². The van der Waals surface area contributed by atoms with Gasteiger partial charge in [0.2, 0.25) is 0 Å². The summed E-state index contributed by atoms with van der Waals surface area (Å²) in [5.74, 6) is -0.157. The molecule has 0 heterocycles. The number of benzene rings is 3. The van der Waals surface area contributed by atoms with Gasteiger partial charge in [-0.25, -0.2) is 4.79 Å². The predicted molar refractivity (Wildman–Crippen MR) is 132 cm³/mol. The van der Waals surface area contributed by atoms with Crippen molar-refractivity contribution in [2.75, 3.05) is 23.1 Å². The van der Waals surface area contributed by atoms with E-state index in [4.69, 9.17) is 9.47 Å². The van der Waals surface area contributed by atoms with Crippen LogP contribution in [0.25, 0.3) is 0 Å². The molecule has 0 aliphatic heterocycles. The first-order valence-electron chi connectivity index (χ1n) is 10.6. The van der Waals surface area contributed by atoms with Crippen LogP contribution in [0.4, 0.5) is 21.9 Å². The molecule has 0 aliphatic carbocycles. The molecule has 3 N–H and O–H groups in total. The molecule has 3 aromatic rings. The number of para-hydroxylation sites is 1. The van der Waals surface area contributed by atoms with Crippen molar-refractivity contribution in [1.29, 1.82) is 0 Å². The van der Waals surface area contributed by atoms with Crippen LogP contribution in [0.3, 0.4) is 0 Å². The Morgan fingerprint density at radius 2 is 1.44 bits per heavy atom. The Morgan fingerprint density at radius 3 is 2.12 bits per heavy atom. The predicted octanol–water partition coefficient (Wildman–Crippen LogP) is 5.55. The molecular weight excluding hydrogens is 434 g/mol. The number of hydrogen-bond acceptors (Lipinski definition) is 5. The lowest BCUT2D eigenvalue weighted by Crippen LogP contribution is -2.27. The van der Waals surface area contributed by atoms with E-state index in [-0.39, 0.29) is 5.91 Å². The monoisotopic (exact) mass is 461 g/mol. The van der Waals surface area contributed by atoms with Gasteiger partial charge in [-0.1, -0.05) is 18.2 Å². The van der Waals surface area contributed by atoms with Gasteiger partial charge in [-0.15, -0.1) is 0 Å². The zero-order valence-corrected chi connectivity index (χ0v) is 19.5. The van der Waals surface area contributed by atoms with Crippen molar-refractivity contribution in [2.45, 2.75) is 26.4 Å². The Hall–Kier alpha value is -4.33. The number of amides is 3. The van der Waals surface area contributed by atoms with Gasteiger partial charge in [-0.2, -0.15) is 0 Å². The van der Waals surface area contributed by atoms with Crippen LogP contribution in [0.1, 0.15) is 41.5 Å². The number of methoxy groups -OCH3 is 1. The first kappa shape index (κ1) is 24.3. The summed E-state index contributed by atoms with van der Waals surface area (Å²) in [6.07, 6.45) is -0.583. The van der Waals surface area contributed by atoms with E-state index in [1.807, 2.05) is 0 Å². The first-order chi connectivity index (χ1) is 16.1. The highest BCUT2D eigenvalue weighted by molar-refractivity contribution is 6.12. The summed E-state index contributed by atoms with van der Waals surface area (Å²) in [5, 5.41) is 8.19. The lowest BCUT2D eigenvalue weighted by atomic mass is 10.1. The fraction of sp³-hybridized carbons (Fsp3) is 0.192. The molecule has 0 radical (unpaired) electrons. The van der Waals surface area contributed by atoms with Crippen molar-refractivity contribution in [3.8, 4) is 5.75 Å². The summed E-state index contributed by atoms with van der Waals surface area (Å²) >= 11 is 0. The third-order valence-corrected chi connectivity index (χ3v) is 4.54. The molecule has 8 heteroatoms. The molecule has 3 aromatic carbocycles. The van der Waals surface area contributed by atoms with Gasteiger partial charge in [0, 0.05) is 23.0 Å². The maximum Gasteiger partial charge on any atom is 0.412 e. The summed E-state index contributed by atoms with van der Waals surface area (Å²) in [6.45, 7) is 5.32. The third kappa shape index (κ3) is 6.83. The largest absolute Gasteiger partial charge is 0.497 e. The molecule has 8 nitrogen and oxygen atoms in total. The number of ether oxygens (including phenoxy) is 2. The minimum absolute atomic E-state index is 0.307. The molecular formula is C26H27N3O5. The fourth-order valence-corrected chi connectivity index (χ4v) is 3.01. The summed E-state index contributed by atoms with van der Waals surface area (Å²) in [7, 11) is 1.55. The van der Waals surface area contributed by atoms with Gasteiger partial charge in [-0.05, 0) is 69.3 Å². The van der Waals surface area contributed by atoms with Crippen LogP contribution in [-0.2, 0) is 4.74 Å². The van der Waals surface area contributed by atoms with Crippen molar-refractivity contribution in [1.82, 2.24) is 0 Å². The molecule has 0 saturated carbocycles. The zero-order chi connectivity index (χ0) is 24.7. The summed E-state index contributed by atoms with van der Waals surface area (Å²) in [5.41, 5.74) is 1.47. The molecule has 0 aliphatic rings. The minimum atomic E-state index is -0.615. The van der Waals surface area contributed by atoms with Gasteiger partial charge in [0.1, 0.15) is 11.4 Å². The van der Waals surface area contributed by atoms with E-state index in [0.29, 0.717) is 33.9 Å². The standard InChI is InChI=1S/C26H27N3O5/c1-26(2,3)34-25(32)28-18-14-12-17(13-15-18)23(30)29-22-11-6-5-10-21(22)24(31)27-19-8-7-9-20(16-19)33-4/h5-16H,1-4H3,(H,27,31)(H,28,32)(H,29,30). The Balaban J connectivity index is 1.68. The van der Waals surface area contributed by atoms with E-state index in [1.165, 1.54) is 0 Å². The minimum Gasteiger partial charge on any atom is -0.497 e. The van der Waals surface area contributed by atoms with E-state index >= 15 is 0 Å². The van der Waals surface area contributed by atoms with Crippen molar-refractivity contribution < 1.29 is 23.9 Å². The first-order valence-corrected chi connectivity index (χ1v) is 10.6. The quantitative estimate of drug-likeness (QED) is 0.446. The van der Waals surface area contributed by atoms with Gasteiger partial charge in [0.15, 0.2) is 0 Å². The Labute approximate surface area is 198 Å². The van der Waals surface area contributed by atoms with Crippen LogP contribution >= 0.6 is 0 Å². The van der Waals surface area contributed by atoms with Crippen LogP contribution in [0, 0.1) is 0 Å². The molecule has 176 valence electrons. The van der Waals surface area contributed by atoms with Gasteiger partial charge >= 0.3 is 6.09 Å². The Morgan fingerprint density at radius 1 is 0.735 bits per heavy atom. The highest BCUT2D eigenvalue weighted by Crippen LogP contribution is 2.21. The number of carbonyl (C=O) groups excluding carboxylic acids is 3. The van der Waals surface area contributed by atoms with Crippen LogP contribution in [0.15, 0.2) is 72.8 Å². The fourth-order valence-electron chi connectivity index (χ4n) is 3.01. The van der Waals surface area contributed by atoms with Crippen LogP contribution < -0.4 is 20.7 Å². The van der Waals surface area contributed by atoms with Crippen LogP contribution in [0.2, 0.25) is 0 Å². The van der Waals surface area contributed by atoms with E-state index < -0.39 is 17.6 Å². The van der Waals surface area contributed by atoms with E-state index in [9.17, 15) is 14.4 Å². The molecule has 0 aromatic heterocycles. The number of hydrogen-bond donors (Lipinski definition) is 3. The van der Waals surface area contributed by atoms with Crippen molar-refractivity contribution >= 4 is 35.0 Å². The molecule has 0 bridgehead atoms. The molecule has 3 amide bonds. The SMILES string of the molecule is COc1cccc(NC(=O)c2ccccc2NC(=O)c2ccc(NC(=O)OC(C)(C)C)cc2)c1. The number of nitrogens with one attached hydrogen (secondary N) is 3. The summed E-state index contributed by atoms with van der Waals surface area (Å²) < 4.78 is 10.4. The number of carbonyl (C=O) groups is 3. The molecule has 0 atom stereocenters. The third-order valence-electron chi connectivity index (χ3n) is 4.54. The lowest BCUT2D eigenvalue weighted by Gasteiger charge is -2.19. The second-order valence-corrected chi connectivity index (χ2v) is 8.39. The van der Waals surface area contributed by atoms with Gasteiger partial charge in [-0.3, -0.25) is 14.9 Å². The molecule has 34 heavy (non-hydrogen) atoms. The zero-order valence-electron chi connectivity index (χ0n) is 19.5. The number of anilines is 3. The average Bonchev–Trinajstić information content (AvgIpc) is 2.78. The topological polar surface area (TPSA) is 106 Å². The summed E-state index contributed by atoms with van der Waals surface area (Å²) in [4.78, 5) is 37.5. The van der Waals surface area contributed by atoms with E-state index in [0.717, 1.165) is 0 Å². The molecule has 0 fully saturated rings. The highest BCUT2D eigenvalue weighted by atomic mass is 16.6. The maximum atomic E-state index is 12.8. The number of rotatable bonds is 6. The average molecular weight is 462 g/mol. The highest BCUT2D eigenvalue weighted by Gasteiger charge is 2.17. The Kier molecular flexibility index (Phi) is 7.53. The molecule has 0 saturated heterocycles. The van der Waals surface area contributed by atoms with Gasteiger partial charge in [0.25, 0.3) is 11.8 Å². The van der Waals surface area contributed by atoms with Crippen LogP contribution in [-0.4, -0.2) is 30.6 Å². The summed E-state index contributed by atoms with van der Waals surface area (Å²) in [6, 6.07) is 20.0. The maximum absolute atomic E-state index is 12.8. The second-order valence-electron chi connectivity index (χ2n) is 8.39. The normalized spacial score (nSPS) is 10.7. The van der Waals surface area contributed by atoms with Crippen molar-refractivity contribution in [3.63, 3.8) is 0 Å². The molecule has 3 rings (SSSR count). The van der Waals surface area contributed by atoms with Crippen molar-refractivity contribution in [2.24, 2.45) is 0 Å². The Bertz CT molecular complexity index is 1180. The molecule has 0 spiro atoms. The van der Waals surface area contributed by atoms with Crippen molar-refractivity contribution in [3.05, 3.63) is 83.9 Å². The van der Waals surface area contributed by atoms with E-state index in [2.05, 4.69) is 16.0 Å². The van der Waals surface area contributed by atoms with E-state index in [1.54, 1.807) is 101 Å². The second kappa shape index (κ2) is 10.5. The van der Waals surface area contributed by atoms with Crippen LogP contribution in [0.5, 0.6) is 5.75 Å². The van der Waals surface area contributed by atoms with Gasteiger partial charge in [0.05, 0.1) is 18.4 Å². The smallest absolute Gasteiger partial charge is 0.412 e.